The molecular formula is C15H20N2O3S. The number of amides is 2. The number of rotatable bonds is 5. The molecule has 2 amide bonds. The molecule has 2 rings (SSSR count). The van der Waals surface area contributed by atoms with Gasteiger partial charge in [-0.15, -0.1) is 0 Å². The molecule has 0 aromatic heterocycles. The first-order valence-corrected chi connectivity index (χ1v) is 8.13. The van der Waals surface area contributed by atoms with Gasteiger partial charge >= 0.3 is 0 Å². The molecule has 1 aromatic rings. The van der Waals surface area contributed by atoms with E-state index in [9.17, 15) is 9.59 Å². The summed E-state index contributed by atoms with van der Waals surface area (Å²) in [6, 6.07) is 7.32. The molecule has 1 aliphatic heterocycles. The van der Waals surface area contributed by atoms with Gasteiger partial charge in [0.05, 0.1) is 7.11 Å². The Kier molecular flexibility index (Phi) is 5.92. The third-order valence-electron chi connectivity index (χ3n) is 3.30. The van der Waals surface area contributed by atoms with Gasteiger partial charge < -0.3 is 15.4 Å². The van der Waals surface area contributed by atoms with Crippen LogP contribution in [0.4, 0.5) is 0 Å². The van der Waals surface area contributed by atoms with Crippen LogP contribution in [-0.4, -0.2) is 43.0 Å². The van der Waals surface area contributed by atoms with E-state index in [0.717, 1.165) is 17.1 Å². The highest BCUT2D eigenvalue weighted by Crippen LogP contribution is 2.17. The lowest BCUT2D eigenvalue weighted by atomic mass is 10.1. The van der Waals surface area contributed by atoms with Crippen molar-refractivity contribution in [3.8, 4) is 5.75 Å². The number of para-hydroxylation sites is 1. The van der Waals surface area contributed by atoms with Crippen LogP contribution in [-0.2, 0) is 16.0 Å². The summed E-state index contributed by atoms with van der Waals surface area (Å²) >= 11 is 1.63. The standard InChI is InChI=1S/C15H20N2O3S/c1-20-13-5-3-2-4-11(13)6-8-16-15(19)12-10-21-9-7-14(18)17-12/h2-5,12H,6-10H2,1H3,(H,16,19)(H,17,18). The molecule has 1 aliphatic rings. The first-order valence-electron chi connectivity index (χ1n) is 6.97. The molecule has 0 saturated carbocycles. The quantitative estimate of drug-likeness (QED) is 0.851. The molecule has 0 radical (unpaired) electrons. The van der Waals surface area contributed by atoms with Gasteiger partial charge in [0.2, 0.25) is 11.8 Å². The van der Waals surface area contributed by atoms with Crippen molar-refractivity contribution in [2.75, 3.05) is 25.2 Å². The number of hydrogen-bond acceptors (Lipinski definition) is 4. The van der Waals surface area contributed by atoms with Crippen molar-refractivity contribution >= 4 is 23.6 Å². The third kappa shape index (κ3) is 4.67. The normalized spacial score (nSPS) is 18.5. The van der Waals surface area contributed by atoms with E-state index in [2.05, 4.69) is 10.6 Å². The molecule has 1 fully saturated rings. The lowest BCUT2D eigenvalue weighted by Crippen LogP contribution is -2.47. The summed E-state index contributed by atoms with van der Waals surface area (Å²) in [4.78, 5) is 23.5. The van der Waals surface area contributed by atoms with Crippen molar-refractivity contribution < 1.29 is 14.3 Å². The van der Waals surface area contributed by atoms with Crippen molar-refractivity contribution in [2.24, 2.45) is 0 Å². The number of carbonyl (C=O) groups is 2. The maximum atomic E-state index is 12.1. The molecule has 0 aliphatic carbocycles. The van der Waals surface area contributed by atoms with Gasteiger partial charge in [0.15, 0.2) is 0 Å². The second-order valence-electron chi connectivity index (χ2n) is 4.80. The number of hydrogen-bond donors (Lipinski definition) is 2. The van der Waals surface area contributed by atoms with Crippen molar-refractivity contribution in [2.45, 2.75) is 18.9 Å². The minimum absolute atomic E-state index is 0.0510. The van der Waals surface area contributed by atoms with Crippen LogP contribution in [0.1, 0.15) is 12.0 Å². The third-order valence-corrected chi connectivity index (χ3v) is 4.36. The minimum Gasteiger partial charge on any atom is -0.496 e. The number of ether oxygens (including phenoxy) is 1. The summed E-state index contributed by atoms with van der Waals surface area (Å²) in [7, 11) is 1.63. The zero-order valence-electron chi connectivity index (χ0n) is 12.1. The first kappa shape index (κ1) is 15.7. The maximum Gasteiger partial charge on any atom is 0.243 e. The fraction of sp³-hybridized carbons (Fsp3) is 0.467. The molecule has 1 aromatic carbocycles. The monoisotopic (exact) mass is 308 g/mol. The van der Waals surface area contributed by atoms with Crippen LogP contribution in [0.25, 0.3) is 0 Å². The van der Waals surface area contributed by atoms with Crippen LogP contribution in [0.3, 0.4) is 0 Å². The second-order valence-corrected chi connectivity index (χ2v) is 5.95. The minimum atomic E-state index is -0.428. The zero-order valence-corrected chi connectivity index (χ0v) is 12.9. The predicted octanol–water partition coefficient (Wildman–Crippen LogP) is 0.976. The summed E-state index contributed by atoms with van der Waals surface area (Å²) < 4.78 is 5.28. The van der Waals surface area contributed by atoms with Gasteiger partial charge in [-0.1, -0.05) is 18.2 Å². The second kappa shape index (κ2) is 7.93. The van der Waals surface area contributed by atoms with Gasteiger partial charge in [0.1, 0.15) is 11.8 Å². The maximum absolute atomic E-state index is 12.1. The van der Waals surface area contributed by atoms with Crippen LogP contribution >= 0.6 is 11.8 Å². The average molecular weight is 308 g/mol. The Morgan fingerprint density at radius 3 is 3.10 bits per heavy atom. The Hall–Kier alpha value is -1.69. The average Bonchev–Trinajstić information content (AvgIpc) is 2.72. The number of thioether (sulfide) groups is 1. The van der Waals surface area contributed by atoms with Gasteiger partial charge in [-0.25, -0.2) is 0 Å². The van der Waals surface area contributed by atoms with E-state index in [1.54, 1.807) is 18.9 Å². The highest BCUT2D eigenvalue weighted by molar-refractivity contribution is 7.99. The zero-order chi connectivity index (χ0) is 15.1. The van der Waals surface area contributed by atoms with E-state index in [0.29, 0.717) is 25.1 Å². The molecule has 5 nitrogen and oxygen atoms in total. The fourth-order valence-electron chi connectivity index (χ4n) is 2.17. The number of nitrogens with one attached hydrogen (secondary N) is 2. The molecule has 2 N–H and O–H groups in total. The van der Waals surface area contributed by atoms with Gasteiger partial charge in [-0.2, -0.15) is 11.8 Å². The highest BCUT2D eigenvalue weighted by atomic mass is 32.2. The van der Waals surface area contributed by atoms with Gasteiger partial charge in [-0.05, 0) is 18.1 Å². The highest BCUT2D eigenvalue weighted by Gasteiger charge is 2.22. The lowest BCUT2D eigenvalue weighted by molar-refractivity contribution is -0.128. The van der Waals surface area contributed by atoms with Crippen LogP contribution in [0.5, 0.6) is 5.75 Å². The van der Waals surface area contributed by atoms with Crippen molar-refractivity contribution in [3.63, 3.8) is 0 Å². The Morgan fingerprint density at radius 1 is 1.48 bits per heavy atom. The van der Waals surface area contributed by atoms with E-state index in [-0.39, 0.29) is 11.8 Å². The molecular weight excluding hydrogens is 288 g/mol. The van der Waals surface area contributed by atoms with E-state index in [1.165, 1.54) is 0 Å². The number of carbonyl (C=O) groups excluding carboxylic acids is 2. The Morgan fingerprint density at radius 2 is 2.29 bits per heavy atom. The van der Waals surface area contributed by atoms with Crippen LogP contribution in [0, 0.1) is 0 Å². The lowest BCUT2D eigenvalue weighted by Gasteiger charge is -2.15. The van der Waals surface area contributed by atoms with Crippen LogP contribution in [0.2, 0.25) is 0 Å². The predicted molar refractivity (Wildman–Crippen MR) is 83.6 cm³/mol. The molecule has 1 saturated heterocycles. The van der Waals surface area contributed by atoms with E-state index in [4.69, 9.17) is 4.74 Å². The summed E-state index contributed by atoms with van der Waals surface area (Å²) in [5, 5.41) is 5.63. The Labute approximate surface area is 128 Å². The summed E-state index contributed by atoms with van der Waals surface area (Å²) in [6.07, 6.45) is 1.18. The molecule has 1 heterocycles. The smallest absolute Gasteiger partial charge is 0.243 e. The summed E-state index contributed by atoms with van der Waals surface area (Å²) in [5.41, 5.74) is 1.06. The molecule has 1 unspecified atom stereocenters. The van der Waals surface area contributed by atoms with Gasteiger partial charge in [-0.3, -0.25) is 9.59 Å². The molecule has 1 atom stereocenters. The first-order chi connectivity index (χ1) is 10.2. The van der Waals surface area contributed by atoms with E-state index in [1.807, 2.05) is 24.3 Å². The largest absolute Gasteiger partial charge is 0.496 e. The Bertz CT molecular complexity index is 507. The van der Waals surface area contributed by atoms with Crippen molar-refractivity contribution in [3.05, 3.63) is 29.8 Å². The Balaban J connectivity index is 1.82. The fourth-order valence-corrected chi connectivity index (χ4v) is 3.14. The topological polar surface area (TPSA) is 67.4 Å². The summed E-state index contributed by atoms with van der Waals surface area (Å²) in [6.45, 7) is 0.524. The molecule has 114 valence electrons. The summed E-state index contributed by atoms with van der Waals surface area (Å²) in [5.74, 6) is 2.06. The molecule has 0 spiro atoms. The van der Waals surface area contributed by atoms with Crippen LogP contribution < -0.4 is 15.4 Å². The van der Waals surface area contributed by atoms with E-state index < -0.39 is 6.04 Å². The van der Waals surface area contributed by atoms with E-state index >= 15 is 0 Å². The van der Waals surface area contributed by atoms with Crippen LogP contribution in [0.15, 0.2) is 24.3 Å². The SMILES string of the molecule is COc1ccccc1CCNC(=O)C1CSCCC(=O)N1. The van der Waals surface area contributed by atoms with Crippen molar-refractivity contribution in [1.82, 2.24) is 10.6 Å². The van der Waals surface area contributed by atoms with Gasteiger partial charge in [0.25, 0.3) is 0 Å². The molecule has 21 heavy (non-hydrogen) atoms. The molecule has 6 heteroatoms. The number of benzene rings is 1. The van der Waals surface area contributed by atoms with Gasteiger partial charge in [0, 0.05) is 24.5 Å². The van der Waals surface area contributed by atoms with Crippen molar-refractivity contribution in [1.29, 1.82) is 0 Å². The molecule has 0 bridgehead atoms. The number of methoxy groups -OCH3 is 1.